The molecular weight excluding hydrogens is 1010 g/mol. The van der Waals surface area contributed by atoms with Gasteiger partial charge in [-0.25, -0.2) is 9.59 Å². The SMILES string of the molecule is CC(=O)OC1C(=O)C2(C)[C@@H](O)C[C@H]3OC[C@@]3(OC(C)=O)[C@H]2[C@H](OC(=O)c2ccccc2)[C@]2(O)C[C@H](OC(=O)[C@H](OC(=O)CCC(=O)NCCN3C(=O)C=CC3=O)[C@@H](NC(=O)c3ccccc3)c3ccccc3)C(C)=C1C2(C)C. The van der Waals surface area contributed by atoms with Crippen LogP contribution >= 0.6 is 0 Å². The lowest BCUT2D eigenvalue weighted by molar-refractivity contribution is -0.346. The van der Waals surface area contributed by atoms with Crippen LogP contribution in [-0.4, -0.2) is 142 Å². The highest BCUT2D eigenvalue weighted by molar-refractivity contribution is 6.13. The number of aliphatic hydroxyl groups is 2. The van der Waals surface area contributed by atoms with Crippen LogP contribution in [0.1, 0.15) is 99.5 Å². The van der Waals surface area contributed by atoms with Crippen LogP contribution < -0.4 is 10.6 Å². The molecule has 21 heteroatoms. The molecule has 4 amide bonds. The molecular formula is C57H61N3O18. The standard InChI is InChI=1S/C57H61N3O18/c1-31-37(75-53(71)47(45(34-16-10-7-11-17-34)59-51(69)35-18-12-8-13-19-35)76-43(67)25-22-40(64)58-26-27-60-41(65)23-24-42(60)66)29-57(72)50(77-52(70)36-20-14-9-15-21-36)48-55(6,38(63)28-39-56(48,30-73-39)78-33(3)62)49(68)46(74-32(2)61)44(31)54(57,4)5/h7-21,23-24,37-39,45-48,50,63,72H,22,25-30H2,1-6H3,(H,58,64)(H,59,69)/t37-,38-,39+,45-,46?,47+,48-,50-,55?,56-,57+/m0/s1. The number of benzene rings is 3. The number of esters is 5. The summed E-state index contributed by atoms with van der Waals surface area (Å²) >= 11 is 0. The quantitative estimate of drug-likeness (QED) is 0.0654. The minimum atomic E-state index is -2.53. The number of Topliss-reactive ketones (excluding diaryl/α,β-unsaturated/α-hetero) is 1. The van der Waals surface area contributed by atoms with Gasteiger partial charge in [0.05, 0.1) is 36.0 Å². The molecule has 2 saturated carbocycles. The summed E-state index contributed by atoms with van der Waals surface area (Å²) in [5.74, 6) is -10.3. The molecule has 78 heavy (non-hydrogen) atoms. The summed E-state index contributed by atoms with van der Waals surface area (Å²) in [6.45, 7) is 7.36. The van der Waals surface area contributed by atoms with E-state index in [4.69, 9.17) is 28.4 Å². The van der Waals surface area contributed by atoms with Gasteiger partial charge in [0.25, 0.3) is 17.7 Å². The highest BCUT2D eigenvalue weighted by atomic mass is 16.6. The molecule has 8 rings (SSSR count). The van der Waals surface area contributed by atoms with Crippen molar-refractivity contribution >= 4 is 59.3 Å². The minimum Gasteiger partial charge on any atom is -0.455 e. The van der Waals surface area contributed by atoms with Crippen LogP contribution in [0.2, 0.25) is 0 Å². The maximum absolute atomic E-state index is 15.8. The van der Waals surface area contributed by atoms with Crippen LogP contribution in [0.3, 0.4) is 0 Å². The number of rotatable bonds is 17. The van der Waals surface area contributed by atoms with E-state index in [9.17, 15) is 48.6 Å². The summed E-state index contributed by atoms with van der Waals surface area (Å²) in [7, 11) is 0. The van der Waals surface area contributed by atoms with Crippen LogP contribution in [-0.2, 0) is 66.8 Å². The van der Waals surface area contributed by atoms with Crippen molar-refractivity contribution in [2.24, 2.45) is 16.7 Å². The van der Waals surface area contributed by atoms with Gasteiger partial charge >= 0.3 is 29.8 Å². The third kappa shape index (κ3) is 10.5. The first-order valence-corrected chi connectivity index (χ1v) is 25.5. The molecule has 4 N–H and O–H groups in total. The number of amides is 4. The molecule has 3 fully saturated rings. The Bertz CT molecular complexity index is 2940. The number of ether oxygens (including phenoxy) is 6. The van der Waals surface area contributed by atoms with E-state index in [1.807, 2.05) is 0 Å². The predicted octanol–water partition coefficient (Wildman–Crippen LogP) is 3.11. The van der Waals surface area contributed by atoms with Gasteiger partial charge in [0.1, 0.15) is 30.0 Å². The summed E-state index contributed by atoms with van der Waals surface area (Å²) in [4.78, 5) is 138. The molecule has 0 spiro atoms. The minimum absolute atomic E-state index is 0.0103. The van der Waals surface area contributed by atoms with Gasteiger partial charge in [0.15, 0.2) is 17.5 Å². The Balaban J connectivity index is 1.22. The molecule has 0 radical (unpaired) electrons. The summed E-state index contributed by atoms with van der Waals surface area (Å²) in [5, 5.41) is 31.5. The second kappa shape index (κ2) is 22.2. The van der Waals surface area contributed by atoms with Crippen molar-refractivity contribution in [2.75, 3.05) is 19.7 Å². The average Bonchev–Trinajstić information content (AvgIpc) is 3.86. The zero-order valence-corrected chi connectivity index (χ0v) is 43.8. The van der Waals surface area contributed by atoms with E-state index < -0.39 is 149 Å². The molecule has 0 aromatic heterocycles. The highest BCUT2D eigenvalue weighted by Gasteiger charge is 2.78. The van der Waals surface area contributed by atoms with Crippen molar-refractivity contribution in [1.29, 1.82) is 0 Å². The Morgan fingerprint density at radius 2 is 1.40 bits per heavy atom. The molecule has 1 saturated heterocycles. The first-order chi connectivity index (χ1) is 36.9. The number of carbonyl (C=O) groups is 10. The Morgan fingerprint density at radius 3 is 1.97 bits per heavy atom. The number of nitrogens with zero attached hydrogens (tertiary/aromatic N) is 1. The molecule has 3 aromatic rings. The zero-order chi connectivity index (χ0) is 56.5. The Kier molecular flexibility index (Phi) is 16.1. The first-order valence-electron chi connectivity index (χ1n) is 25.5. The van der Waals surface area contributed by atoms with Gasteiger partial charge in [-0.2, -0.15) is 0 Å². The van der Waals surface area contributed by atoms with E-state index in [2.05, 4.69) is 10.6 Å². The van der Waals surface area contributed by atoms with Crippen molar-refractivity contribution in [3.63, 3.8) is 0 Å². The topological polar surface area (TPSA) is 294 Å². The van der Waals surface area contributed by atoms with Crippen LogP contribution in [0.15, 0.2) is 114 Å². The van der Waals surface area contributed by atoms with Crippen molar-refractivity contribution < 1.29 is 86.6 Å². The smallest absolute Gasteiger partial charge is 0.350 e. The molecule has 5 aliphatic rings. The third-order valence-electron chi connectivity index (χ3n) is 15.8. The van der Waals surface area contributed by atoms with Crippen molar-refractivity contribution in [3.8, 4) is 0 Å². The zero-order valence-electron chi connectivity index (χ0n) is 43.8. The van der Waals surface area contributed by atoms with E-state index in [0.29, 0.717) is 0 Å². The fourth-order valence-corrected chi connectivity index (χ4v) is 11.7. The number of hydrogen-bond donors (Lipinski definition) is 4. The Labute approximate surface area is 448 Å². The van der Waals surface area contributed by atoms with Crippen molar-refractivity contribution in [1.82, 2.24) is 15.5 Å². The molecule has 3 aromatic carbocycles. The Morgan fingerprint density at radius 1 is 0.795 bits per heavy atom. The molecule has 21 nitrogen and oxygen atoms in total. The predicted molar refractivity (Wildman–Crippen MR) is 270 cm³/mol. The maximum atomic E-state index is 15.8. The number of hydrogen-bond acceptors (Lipinski definition) is 18. The van der Waals surface area contributed by atoms with Gasteiger partial charge in [-0.05, 0) is 54.8 Å². The molecule has 2 unspecified atom stereocenters. The molecule has 3 aliphatic carbocycles. The van der Waals surface area contributed by atoms with Crippen LogP contribution in [0.25, 0.3) is 0 Å². The van der Waals surface area contributed by atoms with Gasteiger partial charge in [0, 0.05) is 69.3 Å². The molecule has 2 heterocycles. The summed E-state index contributed by atoms with van der Waals surface area (Å²) in [5.41, 5.74) is -7.94. The second-order valence-corrected chi connectivity index (χ2v) is 20.8. The van der Waals surface area contributed by atoms with Gasteiger partial charge in [0.2, 0.25) is 12.0 Å². The van der Waals surface area contributed by atoms with E-state index in [-0.39, 0.29) is 54.0 Å². The number of aliphatic hydroxyl groups excluding tert-OH is 1. The van der Waals surface area contributed by atoms with Gasteiger partial charge < -0.3 is 49.3 Å². The van der Waals surface area contributed by atoms with E-state index in [0.717, 1.165) is 30.9 Å². The lowest BCUT2D eigenvalue weighted by Gasteiger charge is -2.67. The van der Waals surface area contributed by atoms with Crippen LogP contribution in [0.5, 0.6) is 0 Å². The van der Waals surface area contributed by atoms with Crippen molar-refractivity contribution in [3.05, 3.63) is 131 Å². The third-order valence-corrected chi connectivity index (χ3v) is 15.8. The largest absolute Gasteiger partial charge is 0.455 e. The fraction of sp³-hybridized carbons (Fsp3) is 0.439. The average molecular weight is 1080 g/mol. The highest BCUT2D eigenvalue weighted by Crippen LogP contribution is 2.64. The number of fused-ring (bicyclic) bond motifs is 5. The van der Waals surface area contributed by atoms with Crippen molar-refractivity contribution in [2.45, 2.75) is 121 Å². The fourth-order valence-electron chi connectivity index (χ4n) is 11.7. The van der Waals surface area contributed by atoms with Gasteiger partial charge in [-0.3, -0.25) is 43.3 Å². The molecule has 2 bridgehead atoms. The van der Waals surface area contributed by atoms with E-state index in [1.165, 1.54) is 52.0 Å². The van der Waals surface area contributed by atoms with E-state index >= 15 is 9.59 Å². The number of ketones is 1. The van der Waals surface area contributed by atoms with E-state index in [1.54, 1.807) is 66.7 Å². The summed E-state index contributed by atoms with van der Waals surface area (Å²) in [6, 6.07) is 22.0. The van der Waals surface area contributed by atoms with Gasteiger partial charge in [-0.15, -0.1) is 0 Å². The molecule has 412 valence electrons. The number of nitrogens with one attached hydrogen (secondary N) is 2. The van der Waals surface area contributed by atoms with Crippen LogP contribution in [0.4, 0.5) is 0 Å². The Hall–Kier alpha value is -7.88. The lowest BCUT2D eigenvalue weighted by atomic mass is 9.44. The first kappa shape index (κ1) is 56.3. The number of imide groups is 1. The normalized spacial score (nSPS) is 28.5. The monoisotopic (exact) mass is 1080 g/mol. The summed E-state index contributed by atoms with van der Waals surface area (Å²) < 4.78 is 36.7. The number of carbonyl (C=O) groups excluding carboxylic acids is 10. The molecule has 2 aliphatic heterocycles. The van der Waals surface area contributed by atoms with Gasteiger partial charge in [-0.1, -0.05) is 80.6 Å². The van der Waals surface area contributed by atoms with Crippen LogP contribution in [0, 0.1) is 16.7 Å². The lowest BCUT2D eigenvalue weighted by Crippen LogP contribution is -2.82. The molecule has 11 atom stereocenters. The summed E-state index contributed by atoms with van der Waals surface area (Å²) in [6.07, 6.45) is -10.2. The maximum Gasteiger partial charge on any atom is 0.350 e. The second-order valence-electron chi connectivity index (χ2n) is 20.8.